The monoisotopic (exact) mass is 448 g/mol. The van der Waals surface area contributed by atoms with Gasteiger partial charge in [0.05, 0.1) is 29.8 Å². The quantitative estimate of drug-likeness (QED) is 0.388. The fourth-order valence-corrected chi connectivity index (χ4v) is 3.80. The van der Waals surface area contributed by atoms with Crippen LogP contribution in [0.3, 0.4) is 0 Å². The molecule has 32 heavy (non-hydrogen) atoms. The van der Waals surface area contributed by atoms with Gasteiger partial charge in [0.25, 0.3) is 0 Å². The van der Waals surface area contributed by atoms with E-state index in [1.165, 1.54) is 12.1 Å². The molecule has 3 aromatic heterocycles. The Morgan fingerprint density at radius 3 is 2.72 bits per heavy atom. The van der Waals surface area contributed by atoms with Gasteiger partial charge < -0.3 is 14.6 Å². The molecule has 0 unspecified atom stereocenters. The molecule has 0 spiro atoms. The van der Waals surface area contributed by atoms with Crippen LogP contribution in [0.2, 0.25) is 5.02 Å². The van der Waals surface area contributed by atoms with Crippen LogP contribution >= 0.6 is 11.6 Å². The van der Waals surface area contributed by atoms with Gasteiger partial charge in [-0.25, -0.2) is 13.9 Å². The van der Waals surface area contributed by atoms with Crippen molar-refractivity contribution in [2.75, 3.05) is 12.4 Å². The summed E-state index contributed by atoms with van der Waals surface area (Å²) in [7, 11) is 1.62. The molecule has 0 radical (unpaired) electrons. The number of anilines is 2. The maximum Gasteiger partial charge on any atom is 0.247 e. The normalized spacial score (nSPS) is 11.1. The first kappa shape index (κ1) is 20.0. The molecule has 0 amide bonds. The highest BCUT2D eigenvalue weighted by atomic mass is 35.5. The van der Waals surface area contributed by atoms with E-state index in [1.807, 2.05) is 48.0 Å². The van der Waals surface area contributed by atoms with Crippen molar-refractivity contribution in [1.29, 1.82) is 0 Å². The molecule has 0 saturated carbocycles. The summed E-state index contributed by atoms with van der Waals surface area (Å²) in [4.78, 5) is 8.89. The van der Waals surface area contributed by atoms with Gasteiger partial charge in [-0.2, -0.15) is 4.98 Å². The predicted octanol–water partition coefficient (Wildman–Crippen LogP) is 5.44. The number of aromatic nitrogens is 5. The lowest BCUT2D eigenvalue weighted by molar-refractivity contribution is 0.413. The van der Waals surface area contributed by atoms with E-state index in [0.717, 1.165) is 22.6 Å². The van der Waals surface area contributed by atoms with Crippen molar-refractivity contribution in [1.82, 2.24) is 24.1 Å². The summed E-state index contributed by atoms with van der Waals surface area (Å²) < 4.78 is 22.6. The summed E-state index contributed by atoms with van der Waals surface area (Å²) >= 11 is 6.27. The van der Waals surface area contributed by atoms with E-state index < -0.39 is 5.82 Å². The van der Waals surface area contributed by atoms with Crippen LogP contribution in [0.4, 0.5) is 16.0 Å². The lowest BCUT2D eigenvalue weighted by atomic mass is 10.1. The molecule has 0 fully saturated rings. The molecule has 7 nitrogen and oxygen atoms in total. The first-order valence-corrected chi connectivity index (χ1v) is 10.2. The summed E-state index contributed by atoms with van der Waals surface area (Å²) in [5.41, 5.74) is 4.58. The van der Waals surface area contributed by atoms with Crippen LogP contribution in [-0.4, -0.2) is 31.3 Å². The van der Waals surface area contributed by atoms with E-state index in [9.17, 15) is 4.39 Å². The molecule has 0 aliphatic heterocycles. The Morgan fingerprint density at radius 1 is 1.09 bits per heavy atom. The fraction of sp³-hybridized carbons (Fsp3) is 0.0870. The summed E-state index contributed by atoms with van der Waals surface area (Å²) in [5, 5.41) is 8.03. The smallest absolute Gasteiger partial charge is 0.247 e. The van der Waals surface area contributed by atoms with Crippen LogP contribution in [0.15, 0.2) is 67.3 Å². The van der Waals surface area contributed by atoms with Crippen molar-refractivity contribution in [2.45, 2.75) is 6.92 Å². The molecule has 0 aliphatic carbocycles. The zero-order valence-corrected chi connectivity index (χ0v) is 18.0. The standard InChI is InChI=1S/C23H18ClFN6O/c1-14-12-30(13-26-14)20-8-6-16(11-21(20)32-2)27-23-28-22-18(4-3-9-31(22)29-23)17-7-5-15(25)10-19(17)24/h3-13H,1-2H3,(H,27,29). The van der Waals surface area contributed by atoms with Crippen LogP contribution in [0, 0.1) is 12.7 Å². The maximum atomic E-state index is 13.5. The maximum absolute atomic E-state index is 13.5. The summed E-state index contributed by atoms with van der Waals surface area (Å²) in [6.07, 6.45) is 5.46. The Hall–Kier alpha value is -3.91. The van der Waals surface area contributed by atoms with Gasteiger partial charge in [-0.3, -0.25) is 0 Å². The van der Waals surface area contributed by atoms with Crippen LogP contribution in [0.1, 0.15) is 5.69 Å². The van der Waals surface area contributed by atoms with Gasteiger partial charge in [0.2, 0.25) is 5.95 Å². The molecule has 1 N–H and O–H groups in total. The summed E-state index contributed by atoms with van der Waals surface area (Å²) in [6, 6.07) is 13.7. The van der Waals surface area contributed by atoms with E-state index in [0.29, 0.717) is 27.9 Å². The Kier molecular flexibility index (Phi) is 4.99. The molecule has 0 atom stereocenters. The van der Waals surface area contributed by atoms with Crippen molar-refractivity contribution >= 4 is 28.9 Å². The van der Waals surface area contributed by atoms with Crippen molar-refractivity contribution in [3.05, 3.63) is 83.8 Å². The molecule has 0 saturated heterocycles. The Morgan fingerprint density at radius 2 is 1.97 bits per heavy atom. The Labute approximate surface area is 188 Å². The predicted molar refractivity (Wildman–Crippen MR) is 122 cm³/mol. The first-order valence-electron chi connectivity index (χ1n) is 9.78. The van der Waals surface area contributed by atoms with Crippen LogP contribution in [0.25, 0.3) is 22.5 Å². The van der Waals surface area contributed by atoms with Gasteiger partial charge >= 0.3 is 0 Å². The van der Waals surface area contributed by atoms with E-state index in [2.05, 4.69) is 20.4 Å². The van der Waals surface area contributed by atoms with Crippen LogP contribution in [-0.2, 0) is 0 Å². The fourth-order valence-electron chi connectivity index (χ4n) is 3.53. The van der Waals surface area contributed by atoms with E-state index >= 15 is 0 Å². The van der Waals surface area contributed by atoms with Gasteiger partial charge in [-0.15, -0.1) is 5.10 Å². The Balaban J connectivity index is 1.50. The van der Waals surface area contributed by atoms with Gasteiger partial charge in [0.1, 0.15) is 11.6 Å². The third-order valence-corrected chi connectivity index (χ3v) is 5.32. The third-order valence-electron chi connectivity index (χ3n) is 5.01. The highest BCUT2D eigenvalue weighted by Crippen LogP contribution is 2.32. The Bertz CT molecular complexity index is 1440. The lowest BCUT2D eigenvalue weighted by Crippen LogP contribution is -1.98. The minimum absolute atomic E-state index is 0.311. The average molecular weight is 449 g/mol. The van der Waals surface area contributed by atoms with Crippen LogP contribution < -0.4 is 10.1 Å². The number of hydrogen-bond acceptors (Lipinski definition) is 5. The van der Waals surface area contributed by atoms with E-state index in [-0.39, 0.29) is 0 Å². The van der Waals surface area contributed by atoms with Gasteiger partial charge in [0, 0.05) is 35.3 Å². The molecule has 0 bridgehead atoms. The van der Waals surface area contributed by atoms with Crippen LogP contribution in [0.5, 0.6) is 5.75 Å². The third kappa shape index (κ3) is 3.65. The highest BCUT2D eigenvalue weighted by molar-refractivity contribution is 6.33. The number of methoxy groups -OCH3 is 1. The largest absolute Gasteiger partial charge is 0.494 e. The molecule has 3 heterocycles. The molecule has 5 rings (SSSR count). The van der Waals surface area contributed by atoms with Gasteiger partial charge in [-0.05, 0) is 49.4 Å². The van der Waals surface area contributed by atoms with Crippen molar-refractivity contribution < 1.29 is 9.13 Å². The number of ether oxygens (including phenoxy) is 1. The number of rotatable bonds is 5. The summed E-state index contributed by atoms with van der Waals surface area (Å²) in [6.45, 7) is 1.93. The number of halogens is 2. The minimum atomic E-state index is -0.391. The number of aryl methyl sites for hydroxylation is 1. The molecular formula is C23H18ClFN6O. The average Bonchev–Trinajstić information content (AvgIpc) is 3.39. The van der Waals surface area contributed by atoms with E-state index in [1.54, 1.807) is 30.2 Å². The second kappa shape index (κ2) is 7.97. The lowest BCUT2D eigenvalue weighted by Gasteiger charge is -2.11. The number of benzene rings is 2. The van der Waals surface area contributed by atoms with Crippen molar-refractivity contribution in [3.8, 4) is 22.6 Å². The summed E-state index contributed by atoms with van der Waals surface area (Å²) in [5.74, 6) is 0.691. The van der Waals surface area contributed by atoms with Crippen molar-refractivity contribution in [3.63, 3.8) is 0 Å². The molecule has 2 aromatic carbocycles. The van der Waals surface area contributed by atoms with Gasteiger partial charge in [-0.1, -0.05) is 11.6 Å². The second-order valence-corrected chi connectivity index (χ2v) is 7.59. The van der Waals surface area contributed by atoms with Gasteiger partial charge in [0.15, 0.2) is 5.65 Å². The second-order valence-electron chi connectivity index (χ2n) is 7.18. The topological polar surface area (TPSA) is 69.3 Å². The number of pyridine rings is 1. The van der Waals surface area contributed by atoms with Crippen molar-refractivity contribution in [2.24, 2.45) is 0 Å². The molecule has 9 heteroatoms. The van der Waals surface area contributed by atoms with E-state index in [4.69, 9.17) is 16.3 Å². The minimum Gasteiger partial charge on any atom is -0.494 e. The molecular weight excluding hydrogens is 431 g/mol. The molecule has 5 aromatic rings. The number of nitrogens with one attached hydrogen (secondary N) is 1. The first-order chi connectivity index (χ1) is 15.5. The number of hydrogen-bond donors (Lipinski definition) is 1. The number of fused-ring (bicyclic) bond motifs is 1. The molecule has 160 valence electrons. The molecule has 0 aliphatic rings. The number of nitrogens with zero attached hydrogens (tertiary/aromatic N) is 5. The highest BCUT2D eigenvalue weighted by Gasteiger charge is 2.14. The zero-order chi connectivity index (χ0) is 22.2. The number of imidazole rings is 1. The SMILES string of the molecule is COc1cc(Nc2nc3c(-c4ccc(F)cc4Cl)cccn3n2)ccc1-n1cnc(C)c1. The zero-order valence-electron chi connectivity index (χ0n) is 17.3.